The monoisotopic (exact) mass is 171 g/mol. The van der Waals surface area contributed by atoms with Gasteiger partial charge in [-0.05, 0) is 7.05 Å². The second kappa shape index (κ2) is 2.62. The van der Waals surface area contributed by atoms with Crippen LogP contribution in [0.5, 0.6) is 0 Å². The summed E-state index contributed by atoms with van der Waals surface area (Å²) in [6.45, 7) is 2.98. The number of rotatable bonds is 2. The number of nitrogens with one attached hydrogen (secondary N) is 1. The molecule has 0 radical (unpaired) electrons. The van der Waals surface area contributed by atoms with Gasteiger partial charge in [0.25, 0.3) is 0 Å². The van der Waals surface area contributed by atoms with Crippen molar-refractivity contribution >= 4 is 6.16 Å². The molecule has 2 fully saturated rings. The van der Waals surface area contributed by atoms with Gasteiger partial charge < -0.3 is 14.8 Å². The predicted molar refractivity (Wildman–Crippen MR) is 41.7 cm³/mol. The topological polar surface area (TPSA) is 47.6 Å². The standard InChI is InChI=1S/C8H13NO3/c1-4-5(3-9-2)7-6(4)11-8(10)12-7/h4-7,9H,3H2,1-2H3. The highest BCUT2D eigenvalue weighted by molar-refractivity contribution is 5.63. The van der Waals surface area contributed by atoms with E-state index < -0.39 is 6.16 Å². The molecule has 1 saturated carbocycles. The summed E-state index contributed by atoms with van der Waals surface area (Å²) in [6.07, 6.45) is -0.494. The summed E-state index contributed by atoms with van der Waals surface area (Å²) in [5.74, 6) is 0.848. The minimum atomic E-state index is -0.504. The van der Waals surface area contributed by atoms with Crippen molar-refractivity contribution in [3.63, 3.8) is 0 Å². The zero-order valence-corrected chi connectivity index (χ0v) is 7.24. The first-order chi connectivity index (χ1) is 5.74. The largest absolute Gasteiger partial charge is 0.509 e. The summed E-state index contributed by atoms with van der Waals surface area (Å²) >= 11 is 0. The fourth-order valence-corrected chi connectivity index (χ4v) is 2.06. The van der Waals surface area contributed by atoms with E-state index in [0.717, 1.165) is 6.54 Å². The molecule has 1 aliphatic heterocycles. The summed E-state index contributed by atoms with van der Waals surface area (Å²) in [5, 5.41) is 3.08. The molecule has 0 aromatic carbocycles. The average molecular weight is 171 g/mol. The van der Waals surface area contributed by atoms with Gasteiger partial charge in [-0.3, -0.25) is 0 Å². The third kappa shape index (κ3) is 0.909. The van der Waals surface area contributed by atoms with Crippen molar-refractivity contribution in [1.29, 1.82) is 0 Å². The smallest absolute Gasteiger partial charge is 0.427 e. The van der Waals surface area contributed by atoms with E-state index in [-0.39, 0.29) is 12.2 Å². The van der Waals surface area contributed by atoms with Crippen LogP contribution < -0.4 is 5.32 Å². The van der Waals surface area contributed by atoms with Crippen LogP contribution in [0.4, 0.5) is 4.79 Å². The van der Waals surface area contributed by atoms with Gasteiger partial charge in [0.15, 0.2) is 0 Å². The van der Waals surface area contributed by atoms with Gasteiger partial charge in [-0.1, -0.05) is 6.92 Å². The molecule has 0 bridgehead atoms. The van der Waals surface area contributed by atoms with Crippen LogP contribution in [0.1, 0.15) is 6.92 Å². The number of hydrogen-bond donors (Lipinski definition) is 1. The molecule has 4 unspecified atom stereocenters. The van der Waals surface area contributed by atoms with E-state index in [4.69, 9.17) is 9.47 Å². The number of hydrogen-bond acceptors (Lipinski definition) is 4. The molecule has 4 atom stereocenters. The van der Waals surface area contributed by atoms with E-state index in [2.05, 4.69) is 12.2 Å². The first-order valence-corrected chi connectivity index (χ1v) is 4.26. The number of fused-ring (bicyclic) bond motifs is 1. The van der Waals surface area contributed by atoms with Crippen molar-refractivity contribution < 1.29 is 14.3 Å². The van der Waals surface area contributed by atoms with Crippen LogP contribution in [0.2, 0.25) is 0 Å². The van der Waals surface area contributed by atoms with Crippen molar-refractivity contribution in [2.45, 2.75) is 19.1 Å². The molecule has 0 spiro atoms. The maximum atomic E-state index is 10.7. The molecule has 1 N–H and O–H groups in total. The van der Waals surface area contributed by atoms with E-state index in [1.54, 1.807) is 0 Å². The van der Waals surface area contributed by atoms with Crippen LogP contribution in [-0.2, 0) is 9.47 Å². The van der Waals surface area contributed by atoms with Gasteiger partial charge in [0.1, 0.15) is 12.2 Å². The lowest BCUT2D eigenvalue weighted by molar-refractivity contribution is -0.0622. The zero-order valence-electron chi connectivity index (χ0n) is 7.24. The van der Waals surface area contributed by atoms with Crippen LogP contribution in [0.25, 0.3) is 0 Å². The molecule has 1 aliphatic carbocycles. The van der Waals surface area contributed by atoms with Crippen LogP contribution >= 0.6 is 0 Å². The molecule has 0 aromatic heterocycles. The summed E-state index contributed by atoms with van der Waals surface area (Å²) < 4.78 is 9.95. The molecule has 1 heterocycles. The van der Waals surface area contributed by atoms with Gasteiger partial charge in [0.05, 0.1) is 0 Å². The third-order valence-corrected chi connectivity index (χ3v) is 2.84. The molecule has 0 aromatic rings. The van der Waals surface area contributed by atoms with Gasteiger partial charge in [0, 0.05) is 18.4 Å². The Balaban J connectivity index is 1.98. The van der Waals surface area contributed by atoms with Gasteiger partial charge in [-0.25, -0.2) is 4.79 Å². The van der Waals surface area contributed by atoms with Gasteiger partial charge in [0.2, 0.25) is 0 Å². The van der Waals surface area contributed by atoms with E-state index in [1.165, 1.54) is 0 Å². The average Bonchev–Trinajstić information content (AvgIpc) is 2.40. The van der Waals surface area contributed by atoms with E-state index >= 15 is 0 Å². The van der Waals surface area contributed by atoms with E-state index in [0.29, 0.717) is 11.8 Å². The minimum absolute atomic E-state index is 0.0000463. The molecule has 68 valence electrons. The molecule has 4 heteroatoms. The number of ether oxygens (including phenoxy) is 2. The molecule has 1 saturated heterocycles. The normalized spacial score (nSPS) is 44.3. The Morgan fingerprint density at radius 1 is 1.42 bits per heavy atom. The molecule has 4 nitrogen and oxygen atoms in total. The third-order valence-electron chi connectivity index (χ3n) is 2.84. The fourth-order valence-electron chi connectivity index (χ4n) is 2.06. The van der Waals surface area contributed by atoms with Crippen LogP contribution in [-0.4, -0.2) is 32.0 Å². The van der Waals surface area contributed by atoms with Crippen molar-refractivity contribution in [2.24, 2.45) is 11.8 Å². The summed E-state index contributed by atoms with van der Waals surface area (Å²) in [7, 11) is 1.90. The van der Waals surface area contributed by atoms with Crippen molar-refractivity contribution in [3.8, 4) is 0 Å². The molecule has 2 rings (SSSR count). The first kappa shape index (κ1) is 7.86. The second-order valence-electron chi connectivity index (χ2n) is 3.50. The fraction of sp³-hybridized carbons (Fsp3) is 0.875. The lowest BCUT2D eigenvalue weighted by Gasteiger charge is -2.42. The van der Waals surface area contributed by atoms with Crippen molar-refractivity contribution in [1.82, 2.24) is 5.32 Å². The number of carbonyl (C=O) groups is 1. The van der Waals surface area contributed by atoms with E-state index in [9.17, 15) is 4.79 Å². The quantitative estimate of drug-likeness (QED) is 0.610. The molecule has 12 heavy (non-hydrogen) atoms. The number of carbonyl (C=O) groups excluding carboxylic acids is 1. The van der Waals surface area contributed by atoms with Crippen molar-refractivity contribution in [2.75, 3.05) is 13.6 Å². The highest BCUT2D eigenvalue weighted by atomic mass is 16.8. The lowest BCUT2D eigenvalue weighted by atomic mass is 9.69. The highest BCUT2D eigenvalue weighted by Gasteiger charge is 2.56. The molecule has 2 aliphatic rings. The summed E-state index contributed by atoms with van der Waals surface area (Å²) in [6, 6.07) is 0. The predicted octanol–water partition coefficient (Wildman–Crippen LogP) is 0.376. The Morgan fingerprint density at radius 3 is 2.75 bits per heavy atom. The Morgan fingerprint density at radius 2 is 2.08 bits per heavy atom. The highest BCUT2D eigenvalue weighted by Crippen LogP contribution is 2.42. The Kier molecular flexibility index (Phi) is 1.72. The van der Waals surface area contributed by atoms with E-state index in [1.807, 2.05) is 7.05 Å². The summed E-state index contributed by atoms with van der Waals surface area (Å²) in [4.78, 5) is 10.7. The lowest BCUT2D eigenvalue weighted by Crippen LogP contribution is -2.55. The SMILES string of the molecule is CNCC1C(C)C2OC(=O)OC12. The van der Waals surface area contributed by atoms with Gasteiger partial charge >= 0.3 is 6.16 Å². The Labute approximate surface area is 71.2 Å². The molecule has 0 amide bonds. The zero-order chi connectivity index (χ0) is 8.72. The van der Waals surface area contributed by atoms with Gasteiger partial charge in [-0.15, -0.1) is 0 Å². The van der Waals surface area contributed by atoms with Crippen molar-refractivity contribution in [3.05, 3.63) is 0 Å². The maximum Gasteiger partial charge on any atom is 0.509 e. The summed E-state index contributed by atoms with van der Waals surface area (Å²) in [5.41, 5.74) is 0. The Hall–Kier alpha value is -0.770. The second-order valence-corrected chi connectivity index (χ2v) is 3.50. The maximum absolute atomic E-state index is 10.7. The molecular weight excluding hydrogens is 158 g/mol. The first-order valence-electron chi connectivity index (χ1n) is 4.26. The Bertz CT molecular complexity index is 206. The van der Waals surface area contributed by atoms with Crippen LogP contribution in [0, 0.1) is 11.8 Å². The molecular formula is C8H13NO3. The van der Waals surface area contributed by atoms with Crippen LogP contribution in [0.15, 0.2) is 0 Å². The van der Waals surface area contributed by atoms with Gasteiger partial charge in [-0.2, -0.15) is 0 Å². The van der Waals surface area contributed by atoms with Crippen LogP contribution in [0.3, 0.4) is 0 Å². The minimum Gasteiger partial charge on any atom is -0.427 e.